The summed E-state index contributed by atoms with van der Waals surface area (Å²) in [5, 5.41) is 3.41. The highest BCUT2D eigenvalue weighted by atomic mass is 32.2. The molecule has 1 aliphatic rings. The van der Waals surface area contributed by atoms with E-state index >= 15 is 0 Å². The number of nitrogens with one attached hydrogen (secondary N) is 1. The van der Waals surface area contributed by atoms with Crippen LogP contribution in [0.25, 0.3) is 0 Å². The maximum atomic E-state index is 12.4. The van der Waals surface area contributed by atoms with E-state index in [-0.39, 0.29) is 0 Å². The normalized spacial score (nSPS) is 24.2. The molecule has 1 aliphatic carbocycles. The number of anilines is 1. The van der Waals surface area contributed by atoms with Gasteiger partial charge in [0, 0.05) is 16.6 Å². The van der Waals surface area contributed by atoms with Gasteiger partial charge >= 0.3 is 0 Å². The summed E-state index contributed by atoms with van der Waals surface area (Å²) in [6, 6.07) is 7.74. The van der Waals surface area contributed by atoms with Gasteiger partial charge in [0.2, 0.25) is 0 Å². The van der Waals surface area contributed by atoms with Crippen LogP contribution in [0.4, 0.5) is 14.5 Å². The quantitative estimate of drug-likeness (QED) is 0.791. The predicted molar refractivity (Wildman–Crippen MR) is 68.7 cm³/mol. The Labute approximate surface area is 105 Å². The number of alkyl halides is 2. The van der Waals surface area contributed by atoms with Gasteiger partial charge in [0.15, 0.2) is 0 Å². The highest BCUT2D eigenvalue weighted by Crippen LogP contribution is 2.34. The molecule has 1 saturated carbocycles. The van der Waals surface area contributed by atoms with Gasteiger partial charge in [-0.3, -0.25) is 0 Å². The molecule has 0 heterocycles. The molecule has 0 amide bonds. The maximum absolute atomic E-state index is 12.4. The van der Waals surface area contributed by atoms with Crippen LogP contribution in [-0.2, 0) is 0 Å². The number of halogens is 2. The Morgan fingerprint density at radius 2 is 2.06 bits per heavy atom. The molecule has 1 nitrogen and oxygen atoms in total. The first kappa shape index (κ1) is 12.7. The van der Waals surface area contributed by atoms with E-state index in [1.54, 1.807) is 12.1 Å². The van der Waals surface area contributed by atoms with Gasteiger partial charge < -0.3 is 5.32 Å². The second-order valence-electron chi connectivity index (χ2n) is 4.53. The SMILES string of the molecule is CC1CCCC1Nc1ccccc1SC(F)F. The van der Waals surface area contributed by atoms with Crippen LogP contribution in [0.3, 0.4) is 0 Å². The molecule has 2 unspecified atom stereocenters. The molecule has 4 heteroatoms. The van der Waals surface area contributed by atoms with Gasteiger partial charge in [0.05, 0.1) is 0 Å². The summed E-state index contributed by atoms with van der Waals surface area (Å²) >= 11 is 0.614. The van der Waals surface area contributed by atoms with Gasteiger partial charge in [0.25, 0.3) is 5.76 Å². The molecule has 94 valence electrons. The number of para-hydroxylation sites is 1. The smallest absolute Gasteiger partial charge is 0.288 e. The fourth-order valence-electron chi connectivity index (χ4n) is 2.34. The van der Waals surface area contributed by atoms with Crippen LogP contribution in [0.5, 0.6) is 0 Å². The number of benzene rings is 1. The summed E-state index contributed by atoms with van der Waals surface area (Å²) < 4.78 is 24.9. The van der Waals surface area contributed by atoms with Crippen LogP contribution < -0.4 is 5.32 Å². The van der Waals surface area contributed by atoms with Crippen molar-refractivity contribution >= 4 is 17.4 Å². The molecular weight excluding hydrogens is 240 g/mol. The van der Waals surface area contributed by atoms with E-state index in [2.05, 4.69) is 12.2 Å². The minimum Gasteiger partial charge on any atom is -0.381 e. The van der Waals surface area contributed by atoms with Crippen molar-refractivity contribution in [2.24, 2.45) is 5.92 Å². The van der Waals surface area contributed by atoms with Crippen molar-refractivity contribution in [1.29, 1.82) is 0 Å². The molecule has 0 spiro atoms. The van der Waals surface area contributed by atoms with Crippen molar-refractivity contribution in [3.05, 3.63) is 24.3 Å². The standard InChI is InChI=1S/C13H17F2NS/c1-9-5-4-7-10(9)16-11-6-2-3-8-12(11)17-13(14)15/h2-3,6,8-10,13,16H,4-5,7H2,1H3. The van der Waals surface area contributed by atoms with E-state index in [1.807, 2.05) is 12.1 Å². The fraction of sp³-hybridized carbons (Fsp3) is 0.538. The molecule has 2 atom stereocenters. The molecule has 0 saturated heterocycles. The maximum Gasteiger partial charge on any atom is 0.288 e. The van der Waals surface area contributed by atoms with Gasteiger partial charge in [-0.2, -0.15) is 8.78 Å². The summed E-state index contributed by atoms with van der Waals surface area (Å²) in [7, 11) is 0. The first-order chi connectivity index (χ1) is 8.16. The zero-order valence-corrected chi connectivity index (χ0v) is 10.6. The third kappa shape index (κ3) is 3.35. The minimum atomic E-state index is -2.36. The average Bonchev–Trinajstić information content (AvgIpc) is 2.67. The molecule has 0 aromatic heterocycles. The van der Waals surface area contributed by atoms with E-state index < -0.39 is 5.76 Å². The van der Waals surface area contributed by atoms with Crippen molar-refractivity contribution < 1.29 is 8.78 Å². The van der Waals surface area contributed by atoms with E-state index in [0.717, 1.165) is 12.1 Å². The third-order valence-corrected chi connectivity index (χ3v) is 4.09. The summed E-state index contributed by atoms with van der Waals surface area (Å²) in [5.41, 5.74) is 0.844. The van der Waals surface area contributed by atoms with Crippen molar-refractivity contribution in [3.8, 4) is 0 Å². The molecule has 0 radical (unpaired) electrons. The molecule has 1 aromatic carbocycles. The predicted octanol–water partition coefficient (Wildman–Crippen LogP) is 4.60. The van der Waals surface area contributed by atoms with E-state index in [0.29, 0.717) is 28.6 Å². The monoisotopic (exact) mass is 257 g/mol. The van der Waals surface area contributed by atoms with E-state index in [9.17, 15) is 8.78 Å². The van der Waals surface area contributed by atoms with Crippen LogP contribution in [0.2, 0.25) is 0 Å². The highest BCUT2D eigenvalue weighted by molar-refractivity contribution is 7.99. The Bertz CT molecular complexity index is 370. The first-order valence-corrected chi connectivity index (χ1v) is 6.85. The summed E-state index contributed by atoms with van der Waals surface area (Å²) in [6.45, 7) is 2.22. The molecule has 1 aromatic rings. The molecule has 1 N–H and O–H groups in total. The minimum absolute atomic E-state index is 0.425. The average molecular weight is 257 g/mol. The summed E-state index contributed by atoms with van der Waals surface area (Å²) in [4.78, 5) is 0.640. The Hall–Kier alpha value is -0.770. The lowest BCUT2D eigenvalue weighted by atomic mass is 10.1. The molecule has 0 aliphatic heterocycles. The fourth-order valence-corrected chi connectivity index (χ4v) is 2.95. The summed E-state index contributed by atoms with van der Waals surface area (Å²) in [5.74, 6) is -1.74. The number of hydrogen-bond donors (Lipinski definition) is 1. The second-order valence-corrected chi connectivity index (χ2v) is 5.57. The van der Waals surface area contributed by atoms with Crippen LogP contribution in [-0.4, -0.2) is 11.8 Å². The van der Waals surface area contributed by atoms with Gasteiger partial charge in [-0.05, 0) is 30.9 Å². The van der Waals surface area contributed by atoms with Crippen LogP contribution in [0, 0.1) is 5.92 Å². The van der Waals surface area contributed by atoms with Crippen molar-refractivity contribution in [3.63, 3.8) is 0 Å². The summed E-state index contributed by atoms with van der Waals surface area (Å²) in [6.07, 6.45) is 3.58. The van der Waals surface area contributed by atoms with E-state index in [1.165, 1.54) is 12.8 Å². The zero-order valence-electron chi connectivity index (χ0n) is 9.83. The lowest BCUT2D eigenvalue weighted by molar-refractivity contribution is 0.252. The van der Waals surface area contributed by atoms with Gasteiger partial charge in [-0.25, -0.2) is 0 Å². The Balaban J connectivity index is 2.09. The van der Waals surface area contributed by atoms with E-state index in [4.69, 9.17) is 0 Å². The van der Waals surface area contributed by atoms with Crippen LogP contribution >= 0.6 is 11.8 Å². The Kier molecular flexibility index (Phi) is 4.26. The molecule has 2 rings (SSSR count). The first-order valence-electron chi connectivity index (χ1n) is 5.97. The number of hydrogen-bond acceptors (Lipinski definition) is 2. The lowest BCUT2D eigenvalue weighted by Gasteiger charge is -2.20. The third-order valence-electron chi connectivity index (χ3n) is 3.31. The molecule has 0 bridgehead atoms. The van der Waals surface area contributed by atoms with Gasteiger partial charge in [-0.15, -0.1) is 0 Å². The van der Waals surface area contributed by atoms with Crippen molar-refractivity contribution in [2.75, 3.05) is 5.32 Å². The van der Waals surface area contributed by atoms with Crippen molar-refractivity contribution in [2.45, 2.75) is 42.9 Å². The van der Waals surface area contributed by atoms with Crippen molar-refractivity contribution in [1.82, 2.24) is 0 Å². The lowest BCUT2D eigenvalue weighted by Crippen LogP contribution is -2.22. The number of thioether (sulfide) groups is 1. The largest absolute Gasteiger partial charge is 0.381 e. The Morgan fingerprint density at radius 3 is 2.71 bits per heavy atom. The number of rotatable bonds is 4. The second kappa shape index (κ2) is 5.71. The molecule has 17 heavy (non-hydrogen) atoms. The topological polar surface area (TPSA) is 12.0 Å². The van der Waals surface area contributed by atoms with Gasteiger partial charge in [0.1, 0.15) is 0 Å². The van der Waals surface area contributed by atoms with Gasteiger partial charge in [-0.1, -0.05) is 37.2 Å². The van der Waals surface area contributed by atoms with Crippen LogP contribution in [0.15, 0.2) is 29.2 Å². The highest BCUT2D eigenvalue weighted by Gasteiger charge is 2.23. The molecule has 1 fully saturated rings. The zero-order chi connectivity index (χ0) is 12.3. The molecular formula is C13H17F2NS. The van der Waals surface area contributed by atoms with Crippen LogP contribution in [0.1, 0.15) is 26.2 Å². The Morgan fingerprint density at radius 1 is 1.29 bits per heavy atom.